The van der Waals surface area contributed by atoms with Crippen LogP contribution >= 0.6 is 0 Å². The first-order chi connectivity index (χ1) is 6.16. The van der Waals surface area contributed by atoms with Crippen LogP contribution in [-0.2, 0) is 0 Å². The maximum Gasteiger partial charge on any atom is 0.0996 e. The van der Waals surface area contributed by atoms with Crippen LogP contribution in [0.2, 0.25) is 0 Å². The Morgan fingerprint density at radius 1 is 1.54 bits per heavy atom. The van der Waals surface area contributed by atoms with E-state index in [0.29, 0.717) is 11.5 Å². The Hall–Kier alpha value is -1.40. The first kappa shape index (κ1) is 9.69. The molecule has 1 aromatic heterocycles. The number of pyridine rings is 1. The Bertz CT molecular complexity index is 325. The van der Waals surface area contributed by atoms with Crippen LogP contribution < -0.4 is 5.73 Å². The van der Waals surface area contributed by atoms with Gasteiger partial charge in [-0.15, -0.1) is 0 Å². The predicted octanol–water partition coefficient (Wildman–Crippen LogP) is 1.61. The van der Waals surface area contributed by atoms with Gasteiger partial charge in [0, 0.05) is 24.0 Å². The van der Waals surface area contributed by atoms with Crippen molar-refractivity contribution in [3.05, 3.63) is 29.6 Å². The molecule has 68 valence electrons. The van der Waals surface area contributed by atoms with Crippen LogP contribution in [0.5, 0.6) is 0 Å². The van der Waals surface area contributed by atoms with Crippen molar-refractivity contribution < 1.29 is 0 Å². The summed E-state index contributed by atoms with van der Waals surface area (Å²) in [5.41, 5.74) is 7.38. The van der Waals surface area contributed by atoms with Gasteiger partial charge < -0.3 is 5.73 Å². The van der Waals surface area contributed by atoms with E-state index in [9.17, 15) is 0 Å². The number of nitrogens with two attached hydrogens (primary N) is 1. The first-order valence-corrected chi connectivity index (χ1v) is 4.26. The second kappa shape index (κ2) is 4.01. The monoisotopic (exact) mass is 175 g/mol. The van der Waals surface area contributed by atoms with Gasteiger partial charge in [0.2, 0.25) is 0 Å². The van der Waals surface area contributed by atoms with Crippen molar-refractivity contribution in [3.63, 3.8) is 0 Å². The maximum atomic E-state index is 8.82. The third-order valence-corrected chi connectivity index (χ3v) is 2.05. The standard InChI is InChI=1S/C10H13N3/c1-7(2)10(12)9-6-13-4-3-8(9)5-11/h3-4,6-7,10H,12H2,1-2H3/t10-/m0/s1. The van der Waals surface area contributed by atoms with Crippen LogP contribution in [0.3, 0.4) is 0 Å². The number of rotatable bonds is 2. The van der Waals surface area contributed by atoms with Crippen LogP contribution in [0.4, 0.5) is 0 Å². The number of hydrogen-bond acceptors (Lipinski definition) is 3. The number of nitrogens with zero attached hydrogens (tertiary/aromatic N) is 2. The summed E-state index contributed by atoms with van der Waals surface area (Å²) in [6.07, 6.45) is 3.28. The molecule has 1 atom stereocenters. The maximum absolute atomic E-state index is 8.82. The molecule has 0 bridgehead atoms. The molecule has 0 saturated carbocycles. The molecule has 1 rings (SSSR count). The van der Waals surface area contributed by atoms with E-state index in [1.165, 1.54) is 0 Å². The Kier molecular flexibility index (Phi) is 2.99. The van der Waals surface area contributed by atoms with Gasteiger partial charge in [-0.1, -0.05) is 13.8 Å². The lowest BCUT2D eigenvalue weighted by molar-refractivity contribution is 0.512. The Morgan fingerprint density at radius 3 is 2.77 bits per heavy atom. The normalized spacial score (nSPS) is 12.5. The van der Waals surface area contributed by atoms with Gasteiger partial charge >= 0.3 is 0 Å². The Balaban J connectivity index is 3.07. The highest BCUT2D eigenvalue weighted by Crippen LogP contribution is 2.20. The van der Waals surface area contributed by atoms with E-state index in [4.69, 9.17) is 11.0 Å². The van der Waals surface area contributed by atoms with Gasteiger partial charge in [-0.2, -0.15) is 5.26 Å². The lowest BCUT2D eigenvalue weighted by atomic mass is 9.95. The van der Waals surface area contributed by atoms with E-state index in [1.54, 1.807) is 18.5 Å². The summed E-state index contributed by atoms with van der Waals surface area (Å²) in [6, 6.07) is 3.70. The van der Waals surface area contributed by atoms with E-state index in [2.05, 4.69) is 11.1 Å². The molecule has 3 nitrogen and oxygen atoms in total. The zero-order valence-electron chi connectivity index (χ0n) is 7.86. The van der Waals surface area contributed by atoms with Gasteiger partial charge in [-0.05, 0) is 12.0 Å². The Morgan fingerprint density at radius 2 is 2.23 bits per heavy atom. The van der Waals surface area contributed by atoms with Crippen LogP contribution in [0, 0.1) is 17.2 Å². The van der Waals surface area contributed by atoms with Gasteiger partial charge in [0.15, 0.2) is 0 Å². The molecule has 1 heterocycles. The second-order valence-electron chi connectivity index (χ2n) is 3.34. The molecule has 0 aromatic carbocycles. The van der Waals surface area contributed by atoms with Crippen molar-refractivity contribution in [2.75, 3.05) is 0 Å². The highest BCUT2D eigenvalue weighted by molar-refractivity contribution is 5.37. The Labute approximate surface area is 78.2 Å². The largest absolute Gasteiger partial charge is 0.324 e. The molecule has 3 heteroatoms. The molecule has 0 spiro atoms. The molecule has 13 heavy (non-hydrogen) atoms. The van der Waals surface area contributed by atoms with Crippen molar-refractivity contribution in [2.24, 2.45) is 11.7 Å². The molecule has 0 amide bonds. The molecule has 0 fully saturated rings. The van der Waals surface area contributed by atoms with E-state index in [-0.39, 0.29) is 6.04 Å². The highest BCUT2D eigenvalue weighted by atomic mass is 14.7. The van der Waals surface area contributed by atoms with Crippen LogP contribution in [0.25, 0.3) is 0 Å². The van der Waals surface area contributed by atoms with Crippen molar-refractivity contribution in [2.45, 2.75) is 19.9 Å². The zero-order valence-corrected chi connectivity index (χ0v) is 7.86. The van der Waals surface area contributed by atoms with E-state index < -0.39 is 0 Å². The molecule has 2 N–H and O–H groups in total. The number of hydrogen-bond donors (Lipinski definition) is 1. The smallest absolute Gasteiger partial charge is 0.0996 e. The van der Waals surface area contributed by atoms with Crippen molar-refractivity contribution in [3.8, 4) is 6.07 Å². The van der Waals surface area contributed by atoms with Crippen LogP contribution in [-0.4, -0.2) is 4.98 Å². The third-order valence-electron chi connectivity index (χ3n) is 2.05. The molecule has 0 radical (unpaired) electrons. The SMILES string of the molecule is CC(C)[C@H](N)c1cnccc1C#N. The topological polar surface area (TPSA) is 62.7 Å². The van der Waals surface area contributed by atoms with Gasteiger partial charge in [0.05, 0.1) is 11.6 Å². The minimum absolute atomic E-state index is 0.108. The highest BCUT2D eigenvalue weighted by Gasteiger charge is 2.13. The molecular formula is C10H13N3. The number of aromatic nitrogens is 1. The van der Waals surface area contributed by atoms with E-state index in [1.807, 2.05) is 13.8 Å². The fourth-order valence-corrected chi connectivity index (χ4v) is 1.13. The van der Waals surface area contributed by atoms with E-state index >= 15 is 0 Å². The second-order valence-corrected chi connectivity index (χ2v) is 3.34. The molecule has 0 aliphatic rings. The third kappa shape index (κ3) is 2.04. The predicted molar refractivity (Wildman–Crippen MR) is 50.7 cm³/mol. The summed E-state index contributed by atoms with van der Waals surface area (Å²) < 4.78 is 0. The van der Waals surface area contributed by atoms with E-state index in [0.717, 1.165) is 5.56 Å². The van der Waals surface area contributed by atoms with Crippen molar-refractivity contribution >= 4 is 0 Å². The minimum atomic E-state index is -0.108. The number of nitriles is 1. The zero-order chi connectivity index (χ0) is 9.84. The van der Waals surface area contributed by atoms with Crippen molar-refractivity contribution in [1.82, 2.24) is 4.98 Å². The fraction of sp³-hybridized carbons (Fsp3) is 0.400. The summed E-state index contributed by atoms with van der Waals surface area (Å²) in [4.78, 5) is 3.97. The van der Waals surface area contributed by atoms with Crippen LogP contribution in [0.15, 0.2) is 18.5 Å². The molecule has 0 aliphatic heterocycles. The quantitative estimate of drug-likeness (QED) is 0.742. The molecule has 0 saturated heterocycles. The van der Waals surface area contributed by atoms with Gasteiger partial charge in [0.1, 0.15) is 0 Å². The molecule has 1 aromatic rings. The van der Waals surface area contributed by atoms with Gasteiger partial charge in [0.25, 0.3) is 0 Å². The lowest BCUT2D eigenvalue weighted by Gasteiger charge is -2.16. The first-order valence-electron chi connectivity index (χ1n) is 4.26. The molecule has 0 unspecified atom stereocenters. The lowest BCUT2D eigenvalue weighted by Crippen LogP contribution is -2.18. The summed E-state index contributed by atoms with van der Waals surface area (Å²) in [6.45, 7) is 4.05. The molecular weight excluding hydrogens is 162 g/mol. The van der Waals surface area contributed by atoms with Gasteiger partial charge in [-0.3, -0.25) is 4.98 Å². The van der Waals surface area contributed by atoms with Gasteiger partial charge in [-0.25, -0.2) is 0 Å². The summed E-state index contributed by atoms with van der Waals surface area (Å²) in [7, 11) is 0. The van der Waals surface area contributed by atoms with Crippen molar-refractivity contribution in [1.29, 1.82) is 5.26 Å². The summed E-state index contributed by atoms with van der Waals surface area (Å²) >= 11 is 0. The fourth-order valence-electron chi connectivity index (χ4n) is 1.13. The average molecular weight is 175 g/mol. The molecule has 0 aliphatic carbocycles. The van der Waals surface area contributed by atoms with Crippen LogP contribution in [0.1, 0.15) is 31.0 Å². The summed E-state index contributed by atoms with van der Waals surface area (Å²) in [5, 5.41) is 8.82. The average Bonchev–Trinajstić information content (AvgIpc) is 2.16. The summed E-state index contributed by atoms with van der Waals surface area (Å²) in [5.74, 6) is 0.316. The minimum Gasteiger partial charge on any atom is -0.324 e.